The van der Waals surface area contributed by atoms with Crippen LogP contribution in [0.4, 0.5) is 0 Å². The fourth-order valence-corrected chi connectivity index (χ4v) is 1.23. The van der Waals surface area contributed by atoms with E-state index in [2.05, 4.69) is 39.8 Å². The van der Waals surface area contributed by atoms with E-state index in [4.69, 9.17) is 27.9 Å². The molecule has 1 aliphatic rings. The molecule has 0 saturated carbocycles. The molecule has 0 N–H and O–H groups in total. The average Bonchev–Trinajstić information content (AvgIpc) is 3.07. The summed E-state index contributed by atoms with van der Waals surface area (Å²) in [5.74, 6) is 0. The maximum Gasteiger partial charge on any atom is 0.0967 e. The van der Waals surface area contributed by atoms with Crippen LogP contribution in [0, 0.1) is 0 Å². The number of alkyl halides is 2. The number of halogens is 2. The molecule has 1 saturated heterocycles. The second-order valence-corrected chi connectivity index (χ2v) is 4.23. The summed E-state index contributed by atoms with van der Waals surface area (Å²) in [6.07, 6.45) is 10.3. The highest BCUT2D eigenvalue weighted by atomic mass is 35.5. The number of rotatable bonds is 4. The van der Waals surface area contributed by atoms with Crippen LogP contribution >= 0.6 is 23.2 Å². The Morgan fingerprint density at radius 1 is 0.875 bits per heavy atom. The summed E-state index contributed by atoms with van der Waals surface area (Å²) in [4.78, 5) is 0. The SMILES string of the molecule is CC/C=C/CC.CCC1OC1CC.ClCCl. The minimum absolute atomic E-state index is 0.194. The zero-order valence-electron chi connectivity index (χ0n) is 11.0. The highest BCUT2D eigenvalue weighted by molar-refractivity contribution is 6.40. The summed E-state index contributed by atoms with van der Waals surface area (Å²) in [5, 5.41) is 0.194. The molecule has 0 aromatic carbocycles. The van der Waals surface area contributed by atoms with Crippen molar-refractivity contribution in [3.8, 4) is 0 Å². The minimum atomic E-state index is 0.194. The van der Waals surface area contributed by atoms with E-state index in [1.807, 2.05) is 0 Å². The van der Waals surface area contributed by atoms with Gasteiger partial charge in [-0.25, -0.2) is 0 Å². The molecule has 1 heterocycles. The maximum atomic E-state index is 5.22. The van der Waals surface area contributed by atoms with E-state index in [-0.39, 0.29) is 5.34 Å². The molecule has 1 fully saturated rings. The molecule has 2 unspecified atom stereocenters. The predicted molar refractivity (Wildman–Crippen MR) is 75.5 cm³/mol. The Morgan fingerprint density at radius 2 is 1.19 bits per heavy atom. The number of ether oxygens (including phenoxy) is 1. The van der Waals surface area contributed by atoms with E-state index in [0.717, 1.165) is 0 Å². The largest absolute Gasteiger partial charge is 0.370 e. The van der Waals surface area contributed by atoms with Crippen LogP contribution in [-0.2, 0) is 4.74 Å². The minimum Gasteiger partial charge on any atom is -0.370 e. The summed E-state index contributed by atoms with van der Waals surface area (Å²) >= 11 is 9.53. The molecular formula is C13H26Cl2O. The van der Waals surface area contributed by atoms with Gasteiger partial charge in [-0.05, 0) is 25.7 Å². The molecule has 0 radical (unpaired) electrons. The molecule has 1 nitrogen and oxygen atoms in total. The van der Waals surface area contributed by atoms with Crippen molar-refractivity contribution in [3.05, 3.63) is 12.2 Å². The van der Waals surface area contributed by atoms with Crippen molar-refractivity contribution in [1.82, 2.24) is 0 Å². The first-order valence-corrected chi connectivity index (χ1v) is 7.20. The Hall–Kier alpha value is 0.280. The molecule has 0 aliphatic carbocycles. The zero-order valence-corrected chi connectivity index (χ0v) is 12.5. The summed E-state index contributed by atoms with van der Waals surface area (Å²) in [7, 11) is 0. The Balaban J connectivity index is 0. The van der Waals surface area contributed by atoms with Gasteiger partial charge in [-0.3, -0.25) is 0 Å². The third-order valence-electron chi connectivity index (χ3n) is 2.13. The molecular weight excluding hydrogens is 243 g/mol. The van der Waals surface area contributed by atoms with Crippen LogP contribution in [-0.4, -0.2) is 17.5 Å². The first-order valence-electron chi connectivity index (χ1n) is 6.13. The Labute approximate surface area is 111 Å². The van der Waals surface area contributed by atoms with Gasteiger partial charge in [0.1, 0.15) is 0 Å². The summed E-state index contributed by atoms with van der Waals surface area (Å²) in [6, 6.07) is 0. The van der Waals surface area contributed by atoms with Crippen molar-refractivity contribution < 1.29 is 4.74 Å². The van der Waals surface area contributed by atoms with Crippen molar-refractivity contribution in [2.24, 2.45) is 0 Å². The van der Waals surface area contributed by atoms with Crippen LogP contribution in [0.15, 0.2) is 12.2 Å². The van der Waals surface area contributed by atoms with Crippen molar-refractivity contribution in [2.75, 3.05) is 5.34 Å². The highest BCUT2D eigenvalue weighted by Gasteiger charge is 2.34. The van der Waals surface area contributed by atoms with Crippen LogP contribution in [0.3, 0.4) is 0 Å². The number of hydrogen-bond donors (Lipinski definition) is 0. The van der Waals surface area contributed by atoms with Crippen molar-refractivity contribution >= 4 is 23.2 Å². The van der Waals surface area contributed by atoms with Gasteiger partial charge in [0.2, 0.25) is 0 Å². The van der Waals surface area contributed by atoms with E-state index in [0.29, 0.717) is 12.2 Å². The van der Waals surface area contributed by atoms with Crippen LogP contribution in [0.25, 0.3) is 0 Å². The van der Waals surface area contributed by atoms with Crippen LogP contribution in [0.1, 0.15) is 53.4 Å². The van der Waals surface area contributed by atoms with Crippen LogP contribution < -0.4 is 0 Å². The molecule has 0 aromatic rings. The lowest BCUT2D eigenvalue weighted by Gasteiger charge is -1.77. The molecule has 1 rings (SSSR count). The topological polar surface area (TPSA) is 12.5 Å². The van der Waals surface area contributed by atoms with Gasteiger partial charge in [-0.2, -0.15) is 0 Å². The third kappa shape index (κ3) is 14.3. The molecule has 0 spiro atoms. The monoisotopic (exact) mass is 268 g/mol. The standard InChI is InChI=1S/C6H12O.C6H12.CH2Cl2/c1-3-5-6(4-2)7-5;1-3-5-6-4-2;2-1-3/h5-6H,3-4H2,1-2H3;5-6H,3-4H2,1-2H3;1H2/b;6-5+;. The molecule has 16 heavy (non-hydrogen) atoms. The Morgan fingerprint density at radius 3 is 1.31 bits per heavy atom. The van der Waals surface area contributed by atoms with E-state index in [9.17, 15) is 0 Å². The zero-order chi connectivity index (χ0) is 12.8. The summed E-state index contributed by atoms with van der Waals surface area (Å²) < 4.78 is 5.22. The lowest BCUT2D eigenvalue weighted by molar-refractivity contribution is 0.363. The Kier molecular flexibility index (Phi) is 17.8. The quantitative estimate of drug-likeness (QED) is 0.380. The highest BCUT2D eigenvalue weighted by Crippen LogP contribution is 2.26. The van der Waals surface area contributed by atoms with E-state index >= 15 is 0 Å². The van der Waals surface area contributed by atoms with Crippen molar-refractivity contribution in [3.63, 3.8) is 0 Å². The predicted octanol–water partition coefficient (Wildman–Crippen LogP) is 5.36. The second-order valence-electron chi connectivity index (χ2n) is 3.42. The lowest BCUT2D eigenvalue weighted by atomic mass is 10.2. The number of allylic oxidation sites excluding steroid dienone is 2. The first kappa shape index (κ1) is 18.6. The molecule has 1 aliphatic heterocycles. The van der Waals surface area contributed by atoms with E-state index in [1.54, 1.807) is 0 Å². The summed E-state index contributed by atoms with van der Waals surface area (Å²) in [6.45, 7) is 8.62. The van der Waals surface area contributed by atoms with Gasteiger partial charge in [0, 0.05) is 0 Å². The molecule has 2 atom stereocenters. The fourth-order valence-electron chi connectivity index (χ4n) is 1.23. The van der Waals surface area contributed by atoms with Crippen LogP contribution in [0.2, 0.25) is 0 Å². The van der Waals surface area contributed by atoms with Crippen molar-refractivity contribution in [2.45, 2.75) is 65.6 Å². The number of epoxide rings is 1. The molecule has 0 amide bonds. The van der Waals surface area contributed by atoms with Gasteiger partial charge in [0.15, 0.2) is 0 Å². The molecule has 98 valence electrons. The fraction of sp³-hybridized carbons (Fsp3) is 0.846. The van der Waals surface area contributed by atoms with E-state index in [1.165, 1.54) is 25.7 Å². The van der Waals surface area contributed by atoms with Gasteiger partial charge in [0.25, 0.3) is 0 Å². The van der Waals surface area contributed by atoms with Gasteiger partial charge < -0.3 is 4.74 Å². The van der Waals surface area contributed by atoms with Crippen LogP contribution in [0.5, 0.6) is 0 Å². The van der Waals surface area contributed by atoms with E-state index < -0.39 is 0 Å². The second kappa shape index (κ2) is 15.3. The average molecular weight is 269 g/mol. The lowest BCUT2D eigenvalue weighted by Crippen LogP contribution is -1.87. The maximum absolute atomic E-state index is 5.22. The number of hydrogen-bond acceptors (Lipinski definition) is 1. The van der Waals surface area contributed by atoms with Gasteiger partial charge in [0.05, 0.1) is 17.5 Å². The van der Waals surface area contributed by atoms with Gasteiger partial charge in [-0.15, -0.1) is 23.2 Å². The normalized spacial score (nSPS) is 21.9. The first-order chi connectivity index (χ1) is 7.71. The van der Waals surface area contributed by atoms with Crippen molar-refractivity contribution in [1.29, 1.82) is 0 Å². The smallest absolute Gasteiger partial charge is 0.0967 e. The van der Waals surface area contributed by atoms with Gasteiger partial charge in [-0.1, -0.05) is 39.8 Å². The molecule has 0 aromatic heterocycles. The third-order valence-corrected chi connectivity index (χ3v) is 2.13. The molecule has 0 bridgehead atoms. The Bertz CT molecular complexity index is 135. The molecule has 3 heteroatoms. The van der Waals surface area contributed by atoms with Gasteiger partial charge >= 0.3 is 0 Å². The summed E-state index contributed by atoms with van der Waals surface area (Å²) in [5.41, 5.74) is 0.